The molecule has 0 saturated heterocycles. The van der Waals surface area contributed by atoms with Crippen LogP contribution < -0.4 is 10.6 Å². The number of rotatable bonds is 5. The van der Waals surface area contributed by atoms with Gasteiger partial charge in [-0.15, -0.1) is 0 Å². The van der Waals surface area contributed by atoms with Crippen LogP contribution in [0.2, 0.25) is 0 Å². The molecule has 1 aliphatic carbocycles. The predicted molar refractivity (Wildman–Crippen MR) is 85.9 cm³/mol. The zero-order valence-corrected chi connectivity index (χ0v) is 14.4. The number of aromatic nitrogens is 3. The van der Waals surface area contributed by atoms with E-state index < -0.39 is 30.7 Å². The third-order valence-corrected chi connectivity index (χ3v) is 3.70. The highest BCUT2D eigenvalue weighted by molar-refractivity contribution is 5.63. The van der Waals surface area contributed by atoms with Gasteiger partial charge >= 0.3 is 6.18 Å². The third-order valence-electron chi connectivity index (χ3n) is 3.70. The van der Waals surface area contributed by atoms with Gasteiger partial charge in [-0.3, -0.25) is 0 Å². The minimum Gasteiger partial charge on any atom is -0.383 e. The van der Waals surface area contributed by atoms with Crippen molar-refractivity contribution in [2.24, 2.45) is 0 Å². The minimum atomic E-state index is -4.51. The fourth-order valence-electron chi connectivity index (χ4n) is 2.21. The molecule has 0 spiro atoms. The Kier molecular flexibility index (Phi) is 5.69. The molecule has 1 heterocycles. The van der Waals surface area contributed by atoms with Gasteiger partial charge in [-0.2, -0.15) is 28.1 Å². The quantitative estimate of drug-likeness (QED) is 0.680. The summed E-state index contributed by atoms with van der Waals surface area (Å²) in [5.74, 6) is -3.65. The largest absolute Gasteiger partial charge is 0.408 e. The molecule has 11 heteroatoms. The Morgan fingerprint density at radius 1 is 1.12 bits per heavy atom. The summed E-state index contributed by atoms with van der Waals surface area (Å²) in [5.41, 5.74) is 0.223. The molecule has 0 aliphatic heterocycles. The summed E-state index contributed by atoms with van der Waals surface area (Å²) in [6, 6.07) is -2.03. The number of nitrogens with zero attached hydrogens (tertiary/aromatic N) is 3. The van der Waals surface area contributed by atoms with Crippen LogP contribution in [0.5, 0.6) is 0 Å². The fourth-order valence-corrected chi connectivity index (χ4v) is 2.21. The number of hydrogen-bond donors (Lipinski definition) is 3. The number of allylic oxidation sites excluding steroid dienone is 1. The molecule has 1 aliphatic rings. The van der Waals surface area contributed by atoms with Crippen LogP contribution in [-0.2, 0) is 0 Å². The Balaban J connectivity index is 2.38. The van der Waals surface area contributed by atoms with E-state index in [1.165, 1.54) is 0 Å². The van der Waals surface area contributed by atoms with Crippen LogP contribution in [0.15, 0.2) is 6.08 Å². The Bertz CT molecular complexity index is 677. The normalized spacial score (nSPS) is 21.3. The Labute approximate surface area is 146 Å². The number of halogens is 5. The van der Waals surface area contributed by atoms with E-state index >= 15 is 0 Å². The lowest BCUT2D eigenvalue weighted by Crippen LogP contribution is -2.35. The second-order valence-electron chi connectivity index (χ2n) is 6.41. The van der Waals surface area contributed by atoms with Gasteiger partial charge in [-0.25, -0.2) is 8.78 Å². The van der Waals surface area contributed by atoms with E-state index in [-0.39, 0.29) is 35.8 Å². The van der Waals surface area contributed by atoms with Crippen LogP contribution in [-0.4, -0.2) is 50.3 Å². The number of nitrogens with one attached hydrogen (secondary N) is 2. The standard InChI is InChI=1S/C15H20F5N5O/c1-7(2)21-12-23-11(9-4-5-14(16,17)10(26)6-9)24-13(25-12)22-8(3)15(18,19)20/h6-8,10,26H,4-5H2,1-3H3,(H2,21,22,23,24,25)/t8-,10?/m1/s1. The molecular formula is C15H20F5N5O. The Morgan fingerprint density at radius 3 is 2.19 bits per heavy atom. The summed E-state index contributed by atoms with van der Waals surface area (Å²) in [5, 5.41) is 14.5. The Morgan fingerprint density at radius 2 is 1.69 bits per heavy atom. The molecule has 1 aromatic heterocycles. The van der Waals surface area contributed by atoms with Gasteiger partial charge in [-0.05, 0) is 38.8 Å². The van der Waals surface area contributed by atoms with Gasteiger partial charge < -0.3 is 15.7 Å². The van der Waals surface area contributed by atoms with Crippen molar-refractivity contribution in [3.63, 3.8) is 0 Å². The molecule has 0 fully saturated rings. The summed E-state index contributed by atoms with van der Waals surface area (Å²) < 4.78 is 65.1. The first-order valence-corrected chi connectivity index (χ1v) is 8.01. The summed E-state index contributed by atoms with van der Waals surface area (Å²) in [4.78, 5) is 11.9. The molecule has 0 bridgehead atoms. The average molecular weight is 381 g/mol. The summed E-state index contributed by atoms with van der Waals surface area (Å²) in [6.07, 6.45) is -6.32. The number of aliphatic hydroxyl groups excluding tert-OH is 1. The third kappa shape index (κ3) is 4.99. The highest BCUT2D eigenvalue weighted by Crippen LogP contribution is 2.36. The van der Waals surface area contributed by atoms with Crippen molar-refractivity contribution in [2.45, 2.75) is 63.9 Å². The molecule has 1 aromatic rings. The summed E-state index contributed by atoms with van der Waals surface area (Å²) >= 11 is 0. The van der Waals surface area contributed by atoms with Crippen molar-refractivity contribution in [1.29, 1.82) is 0 Å². The van der Waals surface area contributed by atoms with Crippen LogP contribution in [0, 0.1) is 0 Å². The van der Waals surface area contributed by atoms with E-state index in [1.807, 2.05) is 0 Å². The fraction of sp³-hybridized carbons (Fsp3) is 0.667. The van der Waals surface area contributed by atoms with Crippen LogP contribution >= 0.6 is 0 Å². The molecule has 1 unspecified atom stereocenters. The molecule has 2 atom stereocenters. The maximum Gasteiger partial charge on any atom is 0.408 e. The van der Waals surface area contributed by atoms with Crippen molar-refractivity contribution < 1.29 is 27.1 Å². The number of alkyl halides is 5. The average Bonchev–Trinajstić information content (AvgIpc) is 2.48. The molecule has 6 nitrogen and oxygen atoms in total. The second kappa shape index (κ2) is 7.29. The molecule has 0 amide bonds. The van der Waals surface area contributed by atoms with Gasteiger partial charge in [0.25, 0.3) is 5.92 Å². The lowest BCUT2D eigenvalue weighted by atomic mass is 9.93. The zero-order chi connectivity index (χ0) is 19.7. The molecule has 26 heavy (non-hydrogen) atoms. The molecule has 3 N–H and O–H groups in total. The molecule has 0 radical (unpaired) electrons. The van der Waals surface area contributed by atoms with Gasteiger partial charge in [-0.1, -0.05) is 0 Å². The lowest BCUT2D eigenvalue weighted by molar-refractivity contribution is -0.138. The van der Waals surface area contributed by atoms with E-state index in [0.717, 1.165) is 13.0 Å². The SMILES string of the molecule is CC(C)Nc1nc(N[C@H](C)C(F)(F)F)nc(C2=CC(O)C(F)(F)CC2)n1. The van der Waals surface area contributed by atoms with Crippen LogP contribution in [0.4, 0.5) is 33.8 Å². The van der Waals surface area contributed by atoms with Crippen LogP contribution in [0.1, 0.15) is 39.4 Å². The van der Waals surface area contributed by atoms with Crippen molar-refractivity contribution in [3.05, 3.63) is 11.9 Å². The van der Waals surface area contributed by atoms with Gasteiger partial charge in [0.1, 0.15) is 12.1 Å². The zero-order valence-electron chi connectivity index (χ0n) is 14.4. The highest BCUT2D eigenvalue weighted by atomic mass is 19.4. The van der Waals surface area contributed by atoms with E-state index in [9.17, 15) is 27.1 Å². The first-order chi connectivity index (χ1) is 11.9. The molecule has 0 aromatic carbocycles. The number of hydrogen-bond acceptors (Lipinski definition) is 6. The van der Waals surface area contributed by atoms with Crippen molar-refractivity contribution >= 4 is 17.5 Å². The first-order valence-electron chi connectivity index (χ1n) is 8.01. The molecule has 0 saturated carbocycles. The van der Waals surface area contributed by atoms with Crippen molar-refractivity contribution in [2.75, 3.05) is 10.6 Å². The lowest BCUT2D eigenvalue weighted by Gasteiger charge is -2.26. The maximum absolute atomic E-state index is 13.4. The van der Waals surface area contributed by atoms with Crippen LogP contribution in [0.3, 0.4) is 0 Å². The second-order valence-corrected chi connectivity index (χ2v) is 6.41. The predicted octanol–water partition coefficient (Wildman–Crippen LogP) is 3.23. The van der Waals surface area contributed by atoms with E-state index in [0.29, 0.717) is 0 Å². The van der Waals surface area contributed by atoms with E-state index in [1.54, 1.807) is 13.8 Å². The van der Waals surface area contributed by atoms with Crippen molar-refractivity contribution in [1.82, 2.24) is 15.0 Å². The van der Waals surface area contributed by atoms with Gasteiger partial charge in [0.15, 0.2) is 5.82 Å². The van der Waals surface area contributed by atoms with Crippen molar-refractivity contribution in [3.8, 4) is 0 Å². The molecule has 146 valence electrons. The molecular weight excluding hydrogens is 361 g/mol. The highest BCUT2D eigenvalue weighted by Gasteiger charge is 2.41. The van der Waals surface area contributed by atoms with Gasteiger partial charge in [0.05, 0.1) is 0 Å². The molecule has 2 rings (SSSR count). The smallest absolute Gasteiger partial charge is 0.383 e. The summed E-state index contributed by atoms with van der Waals surface area (Å²) in [7, 11) is 0. The van der Waals surface area contributed by atoms with E-state index in [2.05, 4.69) is 25.6 Å². The first kappa shape index (κ1) is 20.3. The topological polar surface area (TPSA) is 83.0 Å². The number of aliphatic hydroxyl groups is 1. The number of anilines is 2. The Hall–Kier alpha value is -2.04. The summed E-state index contributed by atoms with van der Waals surface area (Å²) in [6.45, 7) is 4.46. The minimum absolute atomic E-state index is 0.00889. The maximum atomic E-state index is 13.4. The van der Waals surface area contributed by atoms with Gasteiger partial charge in [0.2, 0.25) is 11.9 Å². The van der Waals surface area contributed by atoms with Crippen LogP contribution in [0.25, 0.3) is 5.57 Å². The van der Waals surface area contributed by atoms with Gasteiger partial charge in [0, 0.05) is 12.5 Å². The van der Waals surface area contributed by atoms with E-state index in [4.69, 9.17) is 0 Å². The monoisotopic (exact) mass is 381 g/mol.